The number of carbonyl (C=O) groups excluding carboxylic acids is 1. The lowest BCUT2D eigenvalue weighted by Gasteiger charge is -2.45. The third-order valence-electron chi connectivity index (χ3n) is 5.54. The summed E-state index contributed by atoms with van der Waals surface area (Å²) in [5.74, 6) is 0.393. The molecule has 0 saturated heterocycles. The third-order valence-corrected chi connectivity index (χ3v) is 5.54. The molecule has 2 rings (SSSR count). The number of nitrogens with two attached hydrogens (primary N) is 1. The summed E-state index contributed by atoms with van der Waals surface area (Å²) < 4.78 is 0. The van der Waals surface area contributed by atoms with Crippen molar-refractivity contribution in [1.29, 1.82) is 0 Å². The Morgan fingerprint density at radius 2 is 2.23 bits per heavy atom. The topological polar surface area (TPSA) is 55.1 Å². The number of rotatable bonds is 4. The van der Waals surface area contributed by atoms with Gasteiger partial charge in [-0.2, -0.15) is 0 Å². The molecule has 122 valence electrons. The lowest BCUT2D eigenvalue weighted by Crippen LogP contribution is -2.36. The average Bonchev–Trinajstić information content (AvgIpc) is 2.51. The van der Waals surface area contributed by atoms with Gasteiger partial charge in [0.25, 0.3) is 0 Å². The molecule has 2 atom stereocenters. The van der Waals surface area contributed by atoms with Crippen LogP contribution in [0.25, 0.3) is 0 Å². The lowest BCUT2D eigenvalue weighted by molar-refractivity contribution is -0.114. The molecule has 22 heavy (non-hydrogen) atoms. The van der Waals surface area contributed by atoms with E-state index in [0.29, 0.717) is 11.0 Å². The van der Waals surface area contributed by atoms with Gasteiger partial charge < -0.3 is 11.1 Å². The van der Waals surface area contributed by atoms with E-state index in [1.54, 1.807) is 0 Å². The molecule has 0 aliphatic heterocycles. The largest absolute Gasteiger partial charge is 0.366 e. The third kappa shape index (κ3) is 4.10. The highest BCUT2D eigenvalue weighted by Crippen LogP contribution is 2.49. The van der Waals surface area contributed by atoms with Crippen LogP contribution in [0.15, 0.2) is 36.0 Å². The number of fused-ring (bicyclic) bond motifs is 1. The summed E-state index contributed by atoms with van der Waals surface area (Å²) in [6, 6.07) is 0. The van der Waals surface area contributed by atoms with E-state index in [1.165, 1.54) is 38.5 Å². The molecule has 1 fully saturated rings. The SMILES string of the molecule is C=C1/C=C\C(C(N)=O)=C/C[C@]2(CCNC)CCCC[C@@H]2CC1. The number of primary amides is 1. The Kier molecular flexibility index (Phi) is 6.01. The fourth-order valence-corrected chi connectivity index (χ4v) is 4.12. The van der Waals surface area contributed by atoms with Gasteiger partial charge >= 0.3 is 0 Å². The van der Waals surface area contributed by atoms with Crippen LogP contribution in [0.1, 0.15) is 51.4 Å². The van der Waals surface area contributed by atoms with E-state index in [9.17, 15) is 4.79 Å². The van der Waals surface area contributed by atoms with Crippen molar-refractivity contribution in [3.8, 4) is 0 Å². The Bertz CT molecular complexity index is 478. The summed E-state index contributed by atoms with van der Waals surface area (Å²) in [6.07, 6.45) is 15.5. The molecule has 3 nitrogen and oxygen atoms in total. The first-order valence-corrected chi connectivity index (χ1v) is 8.58. The molecule has 3 heteroatoms. The summed E-state index contributed by atoms with van der Waals surface area (Å²) in [4.78, 5) is 11.7. The first kappa shape index (κ1) is 17.0. The zero-order valence-corrected chi connectivity index (χ0v) is 13.9. The van der Waals surface area contributed by atoms with Gasteiger partial charge in [0.1, 0.15) is 0 Å². The lowest BCUT2D eigenvalue weighted by atomic mass is 9.61. The summed E-state index contributed by atoms with van der Waals surface area (Å²) >= 11 is 0. The highest BCUT2D eigenvalue weighted by molar-refractivity contribution is 5.94. The molecule has 2 aliphatic rings. The van der Waals surface area contributed by atoms with E-state index in [2.05, 4.69) is 18.0 Å². The molecule has 2 aliphatic carbocycles. The van der Waals surface area contributed by atoms with Gasteiger partial charge in [-0.25, -0.2) is 0 Å². The maximum absolute atomic E-state index is 11.7. The van der Waals surface area contributed by atoms with Crippen LogP contribution in [-0.4, -0.2) is 19.5 Å². The maximum atomic E-state index is 11.7. The maximum Gasteiger partial charge on any atom is 0.248 e. The van der Waals surface area contributed by atoms with Crippen molar-refractivity contribution in [2.45, 2.75) is 51.4 Å². The van der Waals surface area contributed by atoms with Crippen molar-refractivity contribution >= 4 is 5.91 Å². The fourth-order valence-electron chi connectivity index (χ4n) is 4.12. The normalized spacial score (nSPS) is 33.4. The first-order valence-electron chi connectivity index (χ1n) is 8.58. The van der Waals surface area contributed by atoms with Crippen molar-refractivity contribution < 1.29 is 4.79 Å². The van der Waals surface area contributed by atoms with E-state index in [4.69, 9.17) is 5.73 Å². The second-order valence-electron chi connectivity index (χ2n) is 6.92. The van der Waals surface area contributed by atoms with Gasteiger partial charge in [0, 0.05) is 5.57 Å². The molecule has 0 aromatic heterocycles. The van der Waals surface area contributed by atoms with Crippen molar-refractivity contribution in [1.82, 2.24) is 5.32 Å². The Morgan fingerprint density at radius 3 is 2.95 bits per heavy atom. The minimum absolute atomic E-state index is 0.313. The van der Waals surface area contributed by atoms with Crippen LogP contribution in [0.4, 0.5) is 0 Å². The summed E-state index contributed by atoms with van der Waals surface area (Å²) in [7, 11) is 2.02. The van der Waals surface area contributed by atoms with Gasteiger partial charge in [-0.05, 0) is 69.5 Å². The predicted molar refractivity (Wildman–Crippen MR) is 92.3 cm³/mol. The molecule has 1 amide bonds. The molecule has 0 radical (unpaired) electrons. The molecule has 3 N–H and O–H groups in total. The molecule has 0 bridgehead atoms. The van der Waals surface area contributed by atoms with E-state index in [-0.39, 0.29) is 5.91 Å². The number of hydrogen-bond acceptors (Lipinski definition) is 2. The van der Waals surface area contributed by atoms with Gasteiger partial charge in [0.05, 0.1) is 0 Å². The van der Waals surface area contributed by atoms with Gasteiger partial charge in [-0.15, -0.1) is 0 Å². The molecule has 0 spiro atoms. The molecule has 0 aromatic carbocycles. The Balaban J connectivity index is 2.32. The molecular formula is C19H30N2O. The fraction of sp³-hybridized carbons (Fsp3) is 0.632. The van der Waals surface area contributed by atoms with Crippen LogP contribution in [0.5, 0.6) is 0 Å². The van der Waals surface area contributed by atoms with Crippen LogP contribution in [0.2, 0.25) is 0 Å². The van der Waals surface area contributed by atoms with E-state index in [0.717, 1.165) is 30.9 Å². The minimum atomic E-state index is -0.333. The van der Waals surface area contributed by atoms with E-state index < -0.39 is 0 Å². The van der Waals surface area contributed by atoms with E-state index in [1.807, 2.05) is 19.2 Å². The van der Waals surface area contributed by atoms with Crippen molar-refractivity contribution in [3.63, 3.8) is 0 Å². The Morgan fingerprint density at radius 1 is 1.41 bits per heavy atom. The summed E-state index contributed by atoms with van der Waals surface area (Å²) in [5, 5.41) is 3.31. The van der Waals surface area contributed by atoms with Crippen LogP contribution < -0.4 is 11.1 Å². The van der Waals surface area contributed by atoms with Gasteiger partial charge in [0.2, 0.25) is 5.91 Å². The smallest absolute Gasteiger partial charge is 0.248 e. The Labute approximate surface area is 134 Å². The highest BCUT2D eigenvalue weighted by atomic mass is 16.1. The van der Waals surface area contributed by atoms with Crippen LogP contribution in [0, 0.1) is 11.3 Å². The van der Waals surface area contributed by atoms with Gasteiger partial charge in [-0.1, -0.05) is 37.1 Å². The number of allylic oxidation sites excluding steroid dienone is 3. The van der Waals surface area contributed by atoms with Crippen LogP contribution in [-0.2, 0) is 4.79 Å². The summed E-state index contributed by atoms with van der Waals surface area (Å²) in [6.45, 7) is 5.16. The monoisotopic (exact) mass is 302 g/mol. The summed E-state index contributed by atoms with van der Waals surface area (Å²) in [5.41, 5.74) is 7.58. The molecule has 1 saturated carbocycles. The van der Waals surface area contributed by atoms with Crippen molar-refractivity contribution in [3.05, 3.63) is 36.0 Å². The highest BCUT2D eigenvalue weighted by Gasteiger charge is 2.39. The molecule has 0 heterocycles. The second kappa shape index (κ2) is 7.77. The van der Waals surface area contributed by atoms with Gasteiger partial charge in [0.15, 0.2) is 0 Å². The zero-order chi connectivity index (χ0) is 16.0. The number of carbonyl (C=O) groups is 1. The average molecular weight is 302 g/mol. The predicted octanol–water partition coefficient (Wildman–Crippen LogP) is 3.48. The van der Waals surface area contributed by atoms with Crippen molar-refractivity contribution in [2.75, 3.05) is 13.6 Å². The molecule has 0 aromatic rings. The molecule has 0 unspecified atom stereocenters. The zero-order valence-electron chi connectivity index (χ0n) is 13.9. The van der Waals surface area contributed by atoms with Crippen LogP contribution >= 0.6 is 0 Å². The van der Waals surface area contributed by atoms with E-state index >= 15 is 0 Å². The minimum Gasteiger partial charge on any atom is -0.366 e. The number of nitrogens with one attached hydrogen (secondary N) is 1. The van der Waals surface area contributed by atoms with Gasteiger partial charge in [-0.3, -0.25) is 4.79 Å². The van der Waals surface area contributed by atoms with Crippen molar-refractivity contribution in [2.24, 2.45) is 17.1 Å². The number of amides is 1. The first-order chi connectivity index (χ1) is 10.6. The Hall–Kier alpha value is -1.35. The quantitative estimate of drug-likeness (QED) is 0.835. The molecular weight excluding hydrogens is 272 g/mol. The second-order valence-corrected chi connectivity index (χ2v) is 6.92. The number of hydrogen-bond donors (Lipinski definition) is 2. The standard InChI is InChI=1S/C19H30N2O/c1-15-6-8-16(18(20)22)10-12-19(13-14-21-2)11-4-3-5-17(19)9-7-15/h6,8,10,17,21H,1,3-5,7,9,11-14H2,2H3,(H2,20,22)/b8-6-,16-10+/t17-,19+/m1/s1. The van der Waals surface area contributed by atoms with Crippen LogP contribution in [0.3, 0.4) is 0 Å².